The van der Waals surface area contributed by atoms with Gasteiger partial charge in [-0.2, -0.15) is 0 Å². The molecule has 0 spiro atoms. The van der Waals surface area contributed by atoms with Gasteiger partial charge in [0.1, 0.15) is 5.01 Å². The molecule has 0 saturated carbocycles. The van der Waals surface area contributed by atoms with Crippen molar-refractivity contribution in [2.24, 2.45) is 11.7 Å². The quantitative estimate of drug-likeness (QED) is 0.837. The average molecular weight is 384 g/mol. The topological polar surface area (TPSA) is 77.2 Å². The number of rotatable bonds is 4. The van der Waals surface area contributed by atoms with E-state index >= 15 is 0 Å². The SMILES string of the molecule is CC(C)(C)c1csc(CNC(=O)C(N)C2CCOCC2)n1.Cl.Cl. The van der Waals surface area contributed by atoms with Crippen molar-refractivity contribution < 1.29 is 9.53 Å². The highest BCUT2D eigenvalue weighted by atomic mass is 35.5. The number of aromatic nitrogens is 1. The van der Waals surface area contributed by atoms with E-state index in [2.05, 4.69) is 36.5 Å². The van der Waals surface area contributed by atoms with E-state index in [4.69, 9.17) is 10.5 Å². The Hall–Kier alpha value is -0.400. The number of hydrogen-bond donors (Lipinski definition) is 2. The van der Waals surface area contributed by atoms with Crippen LogP contribution in [0.1, 0.15) is 44.3 Å². The van der Waals surface area contributed by atoms with E-state index in [9.17, 15) is 4.79 Å². The molecule has 1 aliphatic heterocycles. The molecule has 0 bridgehead atoms. The maximum atomic E-state index is 12.1. The molecular weight excluding hydrogens is 357 g/mol. The zero-order chi connectivity index (χ0) is 15.5. The predicted octanol–water partition coefficient (Wildman–Crippen LogP) is 2.65. The Labute approximate surface area is 154 Å². The third kappa shape index (κ3) is 6.55. The summed E-state index contributed by atoms with van der Waals surface area (Å²) in [5, 5.41) is 5.88. The smallest absolute Gasteiger partial charge is 0.237 e. The number of carbonyl (C=O) groups is 1. The van der Waals surface area contributed by atoms with Crippen LogP contribution in [-0.4, -0.2) is 30.1 Å². The predicted molar refractivity (Wildman–Crippen MR) is 98.7 cm³/mol. The van der Waals surface area contributed by atoms with Crippen LogP contribution in [0.5, 0.6) is 0 Å². The van der Waals surface area contributed by atoms with Crippen LogP contribution in [0.3, 0.4) is 0 Å². The maximum absolute atomic E-state index is 12.1. The Morgan fingerprint density at radius 2 is 2.04 bits per heavy atom. The van der Waals surface area contributed by atoms with Gasteiger partial charge in [0.2, 0.25) is 5.91 Å². The Bertz CT molecular complexity index is 485. The summed E-state index contributed by atoms with van der Waals surface area (Å²) < 4.78 is 5.30. The van der Waals surface area contributed by atoms with Crippen molar-refractivity contribution in [1.82, 2.24) is 10.3 Å². The second-order valence-electron chi connectivity index (χ2n) is 6.57. The van der Waals surface area contributed by atoms with Crippen LogP contribution in [0.25, 0.3) is 0 Å². The van der Waals surface area contributed by atoms with Gasteiger partial charge >= 0.3 is 0 Å². The fraction of sp³-hybridized carbons (Fsp3) is 0.733. The lowest BCUT2D eigenvalue weighted by molar-refractivity contribution is -0.124. The molecule has 0 aromatic carbocycles. The lowest BCUT2D eigenvalue weighted by atomic mass is 9.92. The summed E-state index contributed by atoms with van der Waals surface area (Å²) in [5.41, 5.74) is 7.15. The summed E-state index contributed by atoms with van der Waals surface area (Å²) in [6.07, 6.45) is 1.72. The minimum Gasteiger partial charge on any atom is -0.381 e. The van der Waals surface area contributed by atoms with Crippen molar-refractivity contribution in [3.05, 3.63) is 16.1 Å². The Kier molecular flexibility index (Phi) is 9.62. The summed E-state index contributed by atoms with van der Waals surface area (Å²) in [6.45, 7) is 8.25. The average Bonchev–Trinajstić information content (AvgIpc) is 2.94. The van der Waals surface area contributed by atoms with Gasteiger partial charge < -0.3 is 15.8 Å². The van der Waals surface area contributed by atoms with Crippen LogP contribution < -0.4 is 11.1 Å². The van der Waals surface area contributed by atoms with E-state index in [0.717, 1.165) is 23.5 Å². The molecule has 1 fully saturated rings. The Morgan fingerprint density at radius 3 is 2.57 bits per heavy atom. The van der Waals surface area contributed by atoms with E-state index < -0.39 is 6.04 Å². The molecule has 23 heavy (non-hydrogen) atoms. The second kappa shape index (κ2) is 9.79. The van der Waals surface area contributed by atoms with Gasteiger partial charge in [0.15, 0.2) is 0 Å². The number of nitrogens with one attached hydrogen (secondary N) is 1. The van der Waals surface area contributed by atoms with Gasteiger partial charge in [0, 0.05) is 24.0 Å². The molecule has 0 aliphatic carbocycles. The van der Waals surface area contributed by atoms with Crippen LogP contribution in [0.4, 0.5) is 0 Å². The van der Waals surface area contributed by atoms with E-state index in [-0.39, 0.29) is 42.1 Å². The number of ether oxygens (including phenoxy) is 1. The first kappa shape index (κ1) is 22.6. The largest absolute Gasteiger partial charge is 0.381 e. The fourth-order valence-electron chi connectivity index (χ4n) is 2.31. The summed E-state index contributed by atoms with van der Waals surface area (Å²) in [4.78, 5) is 16.7. The number of halogens is 2. The molecule has 3 N–H and O–H groups in total. The van der Waals surface area contributed by atoms with Crippen LogP contribution >= 0.6 is 36.2 Å². The molecule has 1 amide bonds. The zero-order valence-electron chi connectivity index (χ0n) is 13.8. The molecule has 5 nitrogen and oxygen atoms in total. The summed E-state index contributed by atoms with van der Waals surface area (Å²) in [5.74, 6) is 0.134. The van der Waals surface area contributed by atoms with Crippen LogP contribution in [0.2, 0.25) is 0 Å². The molecule has 1 aromatic rings. The number of hydrogen-bond acceptors (Lipinski definition) is 5. The molecule has 2 rings (SSSR count). The number of nitrogens with two attached hydrogens (primary N) is 1. The highest BCUT2D eigenvalue weighted by Crippen LogP contribution is 2.24. The van der Waals surface area contributed by atoms with Gasteiger partial charge in [-0.15, -0.1) is 36.2 Å². The second-order valence-corrected chi connectivity index (χ2v) is 7.51. The molecule has 2 heterocycles. The highest BCUT2D eigenvalue weighted by Gasteiger charge is 2.26. The van der Waals surface area contributed by atoms with Crippen molar-refractivity contribution in [3.8, 4) is 0 Å². The third-order valence-corrected chi connectivity index (χ3v) is 4.66. The first-order chi connectivity index (χ1) is 9.88. The van der Waals surface area contributed by atoms with Crippen molar-refractivity contribution in [2.75, 3.05) is 13.2 Å². The molecule has 0 radical (unpaired) electrons. The number of thiazole rings is 1. The van der Waals surface area contributed by atoms with Gasteiger partial charge in [-0.05, 0) is 18.8 Å². The number of amides is 1. The van der Waals surface area contributed by atoms with Crippen LogP contribution in [0.15, 0.2) is 5.38 Å². The first-order valence-corrected chi connectivity index (χ1v) is 8.32. The summed E-state index contributed by atoms with van der Waals surface area (Å²) in [6, 6.07) is -0.448. The van der Waals surface area contributed by atoms with E-state index in [1.54, 1.807) is 11.3 Å². The summed E-state index contributed by atoms with van der Waals surface area (Å²) in [7, 11) is 0. The van der Waals surface area contributed by atoms with Gasteiger partial charge in [-0.3, -0.25) is 4.79 Å². The molecular formula is C15H27Cl2N3O2S. The van der Waals surface area contributed by atoms with E-state index in [1.165, 1.54) is 0 Å². The van der Waals surface area contributed by atoms with Crippen molar-refractivity contribution in [2.45, 2.75) is 51.6 Å². The Balaban J connectivity index is 0.00000242. The minimum atomic E-state index is -0.448. The van der Waals surface area contributed by atoms with Crippen LogP contribution in [0, 0.1) is 5.92 Å². The summed E-state index contributed by atoms with van der Waals surface area (Å²) >= 11 is 1.58. The molecule has 1 atom stereocenters. The molecule has 1 unspecified atom stereocenters. The highest BCUT2D eigenvalue weighted by molar-refractivity contribution is 7.09. The van der Waals surface area contributed by atoms with E-state index in [1.807, 2.05) is 0 Å². The van der Waals surface area contributed by atoms with Gasteiger partial charge in [0.05, 0.1) is 18.3 Å². The van der Waals surface area contributed by atoms with Crippen molar-refractivity contribution in [3.63, 3.8) is 0 Å². The van der Waals surface area contributed by atoms with Crippen LogP contribution in [-0.2, 0) is 21.5 Å². The number of carbonyl (C=O) groups excluding carboxylic acids is 1. The molecule has 1 aliphatic rings. The molecule has 8 heteroatoms. The lowest BCUT2D eigenvalue weighted by Crippen LogP contribution is -2.46. The fourth-order valence-corrected chi connectivity index (χ4v) is 3.27. The monoisotopic (exact) mass is 383 g/mol. The molecule has 1 aromatic heterocycles. The Morgan fingerprint density at radius 1 is 1.43 bits per heavy atom. The lowest BCUT2D eigenvalue weighted by Gasteiger charge is -2.26. The normalized spacial score (nSPS) is 16.9. The third-order valence-electron chi connectivity index (χ3n) is 3.81. The standard InChI is InChI=1S/C15H25N3O2S.2ClH/c1-15(2,3)11-9-21-12(18-11)8-17-14(19)13(16)10-4-6-20-7-5-10;;/h9-10,13H,4-8,16H2,1-3H3,(H,17,19);2*1H. The van der Waals surface area contributed by atoms with Gasteiger partial charge in [-0.1, -0.05) is 20.8 Å². The van der Waals surface area contributed by atoms with Gasteiger partial charge in [-0.25, -0.2) is 4.98 Å². The molecule has 134 valence electrons. The maximum Gasteiger partial charge on any atom is 0.237 e. The zero-order valence-corrected chi connectivity index (χ0v) is 16.3. The first-order valence-electron chi connectivity index (χ1n) is 7.44. The van der Waals surface area contributed by atoms with Crippen molar-refractivity contribution >= 4 is 42.1 Å². The molecule has 1 saturated heterocycles. The number of nitrogens with zero attached hydrogens (tertiary/aromatic N) is 1. The minimum absolute atomic E-state index is 0. The van der Waals surface area contributed by atoms with Crippen molar-refractivity contribution in [1.29, 1.82) is 0 Å². The van der Waals surface area contributed by atoms with E-state index in [0.29, 0.717) is 19.8 Å². The van der Waals surface area contributed by atoms with Gasteiger partial charge in [0.25, 0.3) is 0 Å².